The largest absolute Gasteiger partial charge is 0.454 e. The van der Waals surface area contributed by atoms with E-state index in [1.807, 2.05) is 0 Å². The van der Waals surface area contributed by atoms with Gasteiger partial charge in [-0.1, -0.05) is 0 Å². The average molecular weight is 597 g/mol. The number of aliphatic imine (C=N–C) groups is 1. The van der Waals surface area contributed by atoms with Crippen molar-refractivity contribution in [3.63, 3.8) is 0 Å². The van der Waals surface area contributed by atoms with Crippen molar-refractivity contribution in [3.8, 4) is 5.75 Å². The summed E-state index contributed by atoms with van der Waals surface area (Å²) in [6.07, 6.45) is 1.85. The number of carbonyl (C=O) groups is 3. The van der Waals surface area contributed by atoms with Gasteiger partial charge < -0.3 is 20.5 Å². The number of halogens is 3. The molecule has 0 atom stereocenters. The molecule has 13 heteroatoms. The number of anilines is 2. The van der Waals surface area contributed by atoms with Crippen LogP contribution in [0, 0.1) is 22.9 Å². The van der Waals surface area contributed by atoms with Gasteiger partial charge in [-0.25, -0.2) is 18.7 Å². The molecule has 4 rings (SSSR count). The zero-order chi connectivity index (χ0) is 31.1. The monoisotopic (exact) mass is 596 g/mol. The number of hydrogen-bond donors (Lipinski definition) is 4. The summed E-state index contributed by atoms with van der Waals surface area (Å²) in [5, 5.41) is 13.6. The molecule has 3 aromatic carbocycles. The first-order valence-electron chi connectivity index (χ1n) is 13.0. The van der Waals surface area contributed by atoms with Gasteiger partial charge in [-0.05, 0) is 75.0 Å². The summed E-state index contributed by atoms with van der Waals surface area (Å²) >= 11 is 0. The molecule has 0 unspecified atom stereocenters. The van der Waals surface area contributed by atoms with E-state index >= 15 is 8.78 Å². The Bertz CT molecular complexity index is 1590. The number of aliphatic hydroxyl groups excluding tert-OH is 1. The second-order valence-electron chi connectivity index (χ2n) is 9.41. The van der Waals surface area contributed by atoms with Gasteiger partial charge in [0.1, 0.15) is 17.0 Å². The van der Waals surface area contributed by atoms with Crippen molar-refractivity contribution in [2.24, 2.45) is 10.4 Å². The van der Waals surface area contributed by atoms with Crippen molar-refractivity contribution in [2.45, 2.75) is 19.8 Å². The molecule has 0 saturated heterocycles. The molecule has 10 nitrogen and oxygen atoms in total. The van der Waals surface area contributed by atoms with E-state index in [0.717, 1.165) is 24.3 Å². The average Bonchev–Trinajstić information content (AvgIpc) is 3.81. The van der Waals surface area contributed by atoms with Crippen molar-refractivity contribution in [1.82, 2.24) is 5.48 Å². The first kappa shape index (κ1) is 30.9. The van der Waals surface area contributed by atoms with Crippen LogP contribution in [0.4, 0.5) is 30.2 Å². The van der Waals surface area contributed by atoms with E-state index in [0.29, 0.717) is 5.56 Å². The fourth-order valence-corrected chi connectivity index (χ4v) is 4.03. The Labute approximate surface area is 244 Å². The van der Waals surface area contributed by atoms with Crippen LogP contribution in [0.15, 0.2) is 65.7 Å². The Balaban J connectivity index is 1.47. The highest BCUT2D eigenvalue weighted by atomic mass is 19.1. The molecule has 1 aliphatic carbocycles. The molecule has 224 valence electrons. The quantitative estimate of drug-likeness (QED) is 0.0773. The van der Waals surface area contributed by atoms with Crippen molar-refractivity contribution < 1.29 is 42.2 Å². The molecule has 3 aromatic rings. The van der Waals surface area contributed by atoms with Gasteiger partial charge in [-0.15, -0.1) is 0 Å². The van der Waals surface area contributed by atoms with Crippen LogP contribution in [-0.2, 0) is 14.4 Å². The molecule has 0 radical (unpaired) electrons. The molecular weight excluding hydrogens is 569 g/mol. The lowest BCUT2D eigenvalue weighted by atomic mass is 10.0. The zero-order valence-corrected chi connectivity index (χ0v) is 22.9. The minimum absolute atomic E-state index is 0.0652. The summed E-state index contributed by atoms with van der Waals surface area (Å²) in [4.78, 5) is 46.6. The van der Waals surface area contributed by atoms with Gasteiger partial charge in [-0.3, -0.25) is 24.2 Å². The van der Waals surface area contributed by atoms with Crippen LogP contribution in [0.3, 0.4) is 0 Å². The number of rotatable bonds is 12. The molecule has 1 fully saturated rings. The van der Waals surface area contributed by atoms with Gasteiger partial charge in [0.25, 0.3) is 5.91 Å². The fourth-order valence-electron chi connectivity index (χ4n) is 4.03. The number of nitrogens with one attached hydrogen (secondary N) is 3. The number of carbonyl (C=O) groups excluding carboxylic acids is 3. The summed E-state index contributed by atoms with van der Waals surface area (Å²) < 4.78 is 48.9. The molecule has 0 heterocycles. The number of aliphatic hydroxyl groups is 1. The third kappa shape index (κ3) is 7.08. The predicted octanol–water partition coefficient (Wildman–Crippen LogP) is 4.89. The lowest BCUT2D eigenvalue weighted by molar-refractivity contribution is -0.131. The normalized spacial score (nSPS) is 13.6. The van der Waals surface area contributed by atoms with Crippen LogP contribution in [0.25, 0.3) is 5.76 Å². The van der Waals surface area contributed by atoms with E-state index in [1.54, 1.807) is 6.92 Å². The minimum atomic E-state index is -1.48. The van der Waals surface area contributed by atoms with Crippen LogP contribution in [0.2, 0.25) is 0 Å². The van der Waals surface area contributed by atoms with Crippen LogP contribution >= 0.6 is 0 Å². The summed E-state index contributed by atoms with van der Waals surface area (Å²) in [6.45, 7) is 4.67. The Morgan fingerprint density at radius 1 is 1.00 bits per heavy atom. The van der Waals surface area contributed by atoms with Gasteiger partial charge in [0, 0.05) is 28.9 Å². The number of ether oxygens (including phenoxy) is 1. The molecule has 1 saturated carbocycles. The molecule has 3 amide bonds. The summed E-state index contributed by atoms with van der Waals surface area (Å²) in [7, 11) is 0. The maximum Gasteiger partial charge on any atom is 0.274 e. The van der Waals surface area contributed by atoms with E-state index in [1.165, 1.54) is 36.4 Å². The Kier molecular flexibility index (Phi) is 9.58. The van der Waals surface area contributed by atoms with Gasteiger partial charge in [0.2, 0.25) is 11.8 Å². The van der Waals surface area contributed by atoms with E-state index in [2.05, 4.69) is 27.8 Å². The van der Waals surface area contributed by atoms with E-state index in [9.17, 15) is 18.8 Å². The van der Waals surface area contributed by atoms with Crippen LogP contribution in [0.1, 0.15) is 35.7 Å². The lowest BCUT2D eigenvalue weighted by Gasteiger charge is -2.17. The molecule has 0 aromatic heterocycles. The predicted molar refractivity (Wildman–Crippen MR) is 152 cm³/mol. The molecular formula is C30H27F3N4O6. The highest BCUT2D eigenvalue weighted by Gasteiger charge is 2.56. The SMILES string of the molecule is C=Nc1cc(C(=O)NOCCO)ccc1/C(=C\C)Oc1cc(F)c(NC(=O)C2(C(=O)Nc3ccc(F)cc3)CC2)cc1F. The Hall–Kier alpha value is -5.01. The second-order valence-corrected chi connectivity index (χ2v) is 9.41. The van der Waals surface area contributed by atoms with Crippen molar-refractivity contribution in [3.05, 3.63) is 89.3 Å². The third-order valence-electron chi connectivity index (χ3n) is 6.53. The van der Waals surface area contributed by atoms with E-state index < -0.39 is 52.0 Å². The summed E-state index contributed by atoms with van der Waals surface area (Å²) in [6, 6.07) is 10.7. The molecule has 43 heavy (non-hydrogen) atoms. The van der Waals surface area contributed by atoms with Crippen LogP contribution < -0.4 is 20.9 Å². The van der Waals surface area contributed by atoms with E-state index in [4.69, 9.17) is 14.7 Å². The molecule has 4 N–H and O–H groups in total. The lowest BCUT2D eigenvalue weighted by Crippen LogP contribution is -2.35. The maximum atomic E-state index is 15.1. The molecule has 1 aliphatic rings. The van der Waals surface area contributed by atoms with Gasteiger partial charge >= 0.3 is 0 Å². The first-order valence-corrected chi connectivity index (χ1v) is 13.0. The third-order valence-corrected chi connectivity index (χ3v) is 6.53. The maximum absolute atomic E-state index is 15.1. The number of nitrogens with zero attached hydrogens (tertiary/aromatic N) is 1. The standard InChI is InChI=1S/C30H27F3N4O6/c1-3-25(20-9-4-17(14-23(20)34-2)27(39)37-42-13-12-38)43-26-16-21(32)24(15-22(26)33)36-29(41)30(10-11-30)28(40)35-19-7-5-18(31)6-8-19/h3-9,14-16,38H,2,10-13H2,1H3,(H,35,40)(H,36,41)(H,37,39)/b25-3+. The fraction of sp³-hybridized carbons (Fsp3) is 0.200. The van der Waals surface area contributed by atoms with E-state index in [-0.39, 0.29) is 48.8 Å². The Morgan fingerprint density at radius 3 is 2.33 bits per heavy atom. The van der Waals surface area contributed by atoms with Gasteiger partial charge in [-0.2, -0.15) is 0 Å². The molecule has 0 spiro atoms. The topological polar surface area (TPSA) is 138 Å². The zero-order valence-electron chi connectivity index (χ0n) is 22.9. The first-order chi connectivity index (χ1) is 20.6. The summed E-state index contributed by atoms with van der Waals surface area (Å²) in [5.41, 5.74) is 1.12. The molecule has 0 aliphatic heterocycles. The van der Waals surface area contributed by atoms with Crippen molar-refractivity contribution in [2.75, 3.05) is 23.8 Å². The minimum Gasteiger partial charge on any atom is -0.454 e. The smallest absolute Gasteiger partial charge is 0.274 e. The Morgan fingerprint density at radius 2 is 1.70 bits per heavy atom. The molecule has 0 bridgehead atoms. The second kappa shape index (κ2) is 13.3. The van der Waals surface area contributed by atoms with Gasteiger partial charge in [0.05, 0.1) is 24.6 Å². The number of hydrogen-bond acceptors (Lipinski definition) is 7. The van der Waals surface area contributed by atoms with Crippen molar-refractivity contribution >= 4 is 47.3 Å². The van der Waals surface area contributed by atoms with Gasteiger partial charge in [0.15, 0.2) is 17.4 Å². The highest BCUT2D eigenvalue weighted by molar-refractivity contribution is 6.17. The van der Waals surface area contributed by atoms with Crippen LogP contribution in [-0.4, -0.2) is 42.8 Å². The number of hydroxylamine groups is 1. The number of amides is 3. The van der Waals surface area contributed by atoms with Crippen molar-refractivity contribution in [1.29, 1.82) is 0 Å². The number of benzene rings is 3. The number of allylic oxidation sites excluding steroid dienone is 1. The summed E-state index contributed by atoms with van der Waals surface area (Å²) in [5.74, 6) is -5.05. The highest BCUT2D eigenvalue weighted by Crippen LogP contribution is 2.48. The van der Waals surface area contributed by atoms with Crippen LogP contribution in [0.5, 0.6) is 5.75 Å².